The van der Waals surface area contributed by atoms with Gasteiger partial charge in [0.05, 0.1) is 12.5 Å². The molecule has 0 unspecified atom stereocenters. The van der Waals surface area contributed by atoms with Crippen LogP contribution in [0.3, 0.4) is 0 Å². The molecule has 0 fully saturated rings. The smallest absolute Gasteiger partial charge is 0.0947 e. The summed E-state index contributed by atoms with van der Waals surface area (Å²) in [6, 6.07) is 1.92. The zero-order valence-electron chi connectivity index (χ0n) is 6.42. The van der Waals surface area contributed by atoms with Gasteiger partial charge in [0, 0.05) is 18.7 Å². The highest BCUT2D eigenvalue weighted by molar-refractivity contribution is 5.04. The number of nitrogens with one attached hydrogen (secondary N) is 1. The van der Waals surface area contributed by atoms with Crippen molar-refractivity contribution in [1.82, 2.24) is 5.32 Å². The second kappa shape index (κ2) is 4.93. The predicted octanol–water partition coefficient (Wildman–Crippen LogP) is 0.752. The van der Waals surface area contributed by atoms with Crippen LogP contribution in [0.5, 0.6) is 0 Å². The second-order valence-electron chi connectivity index (χ2n) is 2.39. The summed E-state index contributed by atoms with van der Waals surface area (Å²) in [5, 5.41) is 11.6. The van der Waals surface area contributed by atoms with Gasteiger partial charge in [-0.1, -0.05) is 0 Å². The minimum atomic E-state index is 0.248. The lowest BCUT2D eigenvalue weighted by atomic mass is 10.3. The third kappa shape index (κ3) is 3.20. The Morgan fingerprint density at radius 2 is 2.45 bits per heavy atom. The monoisotopic (exact) mass is 155 g/mol. The molecule has 2 N–H and O–H groups in total. The van der Waals surface area contributed by atoms with Crippen molar-refractivity contribution in [3.8, 4) is 0 Å². The summed E-state index contributed by atoms with van der Waals surface area (Å²) in [6.07, 6.45) is 4.17. The Morgan fingerprint density at radius 1 is 1.55 bits per heavy atom. The average molecular weight is 155 g/mol. The van der Waals surface area contributed by atoms with E-state index in [4.69, 9.17) is 9.52 Å². The van der Waals surface area contributed by atoms with Crippen molar-refractivity contribution in [2.24, 2.45) is 0 Å². The van der Waals surface area contributed by atoms with Gasteiger partial charge in [0.2, 0.25) is 0 Å². The number of aliphatic hydroxyl groups excluding tert-OH is 1. The predicted molar refractivity (Wildman–Crippen MR) is 42.1 cm³/mol. The molecule has 1 heterocycles. The summed E-state index contributed by atoms with van der Waals surface area (Å²) in [4.78, 5) is 0. The summed E-state index contributed by atoms with van der Waals surface area (Å²) in [7, 11) is 0. The van der Waals surface area contributed by atoms with E-state index in [0.717, 1.165) is 25.1 Å². The third-order valence-electron chi connectivity index (χ3n) is 1.42. The minimum Gasteiger partial charge on any atom is -0.472 e. The molecule has 62 valence electrons. The van der Waals surface area contributed by atoms with Crippen LogP contribution in [0.1, 0.15) is 12.0 Å². The van der Waals surface area contributed by atoms with Gasteiger partial charge in [0.25, 0.3) is 0 Å². The molecule has 0 saturated heterocycles. The topological polar surface area (TPSA) is 45.4 Å². The lowest BCUT2D eigenvalue weighted by Crippen LogP contribution is -2.15. The molecule has 0 aliphatic heterocycles. The molecular formula is C8H13NO2. The fraction of sp³-hybridized carbons (Fsp3) is 0.500. The first-order valence-corrected chi connectivity index (χ1v) is 3.76. The molecule has 0 bridgehead atoms. The SMILES string of the molecule is OCCCNCc1ccoc1. The van der Waals surface area contributed by atoms with Crippen molar-refractivity contribution in [2.45, 2.75) is 13.0 Å². The zero-order chi connectivity index (χ0) is 7.94. The van der Waals surface area contributed by atoms with E-state index < -0.39 is 0 Å². The number of aliphatic hydroxyl groups is 1. The maximum absolute atomic E-state index is 8.46. The number of rotatable bonds is 5. The minimum absolute atomic E-state index is 0.248. The van der Waals surface area contributed by atoms with E-state index in [1.165, 1.54) is 0 Å². The molecule has 3 heteroatoms. The summed E-state index contributed by atoms with van der Waals surface area (Å²) in [5.74, 6) is 0. The van der Waals surface area contributed by atoms with E-state index in [1.54, 1.807) is 12.5 Å². The van der Waals surface area contributed by atoms with Gasteiger partial charge in [0.15, 0.2) is 0 Å². The van der Waals surface area contributed by atoms with E-state index in [0.29, 0.717) is 0 Å². The molecule has 0 atom stereocenters. The van der Waals surface area contributed by atoms with Gasteiger partial charge in [-0.05, 0) is 19.0 Å². The Bertz CT molecular complexity index is 172. The average Bonchev–Trinajstić information content (AvgIpc) is 2.50. The van der Waals surface area contributed by atoms with Gasteiger partial charge in [-0.3, -0.25) is 0 Å². The highest BCUT2D eigenvalue weighted by Gasteiger charge is 1.91. The number of hydrogen-bond acceptors (Lipinski definition) is 3. The maximum atomic E-state index is 8.46. The molecule has 3 nitrogen and oxygen atoms in total. The molecule has 1 aromatic rings. The Balaban J connectivity index is 2.04. The van der Waals surface area contributed by atoms with Crippen LogP contribution in [0.25, 0.3) is 0 Å². The van der Waals surface area contributed by atoms with Crippen LogP contribution in [0.2, 0.25) is 0 Å². The van der Waals surface area contributed by atoms with Crippen LogP contribution in [0.15, 0.2) is 23.0 Å². The molecule has 0 radical (unpaired) electrons. The Morgan fingerprint density at radius 3 is 3.09 bits per heavy atom. The van der Waals surface area contributed by atoms with Gasteiger partial charge in [-0.15, -0.1) is 0 Å². The molecule has 0 saturated carbocycles. The van der Waals surface area contributed by atoms with E-state index in [-0.39, 0.29) is 6.61 Å². The van der Waals surface area contributed by atoms with Gasteiger partial charge in [-0.25, -0.2) is 0 Å². The first kappa shape index (κ1) is 8.30. The molecule has 11 heavy (non-hydrogen) atoms. The van der Waals surface area contributed by atoms with E-state index in [1.807, 2.05) is 6.07 Å². The van der Waals surface area contributed by atoms with E-state index >= 15 is 0 Å². The van der Waals surface area contributed by atoms with Gasteiger partial charge in [0.1, 0.15) is 0 Å². The normalized spacial score (nSPS) is 10.3. The number of hydrogen-bond donors (Lipinski definition) is 2. The van der Waals surface area contributed by atoms with E-state index in [2.05, 4.69) is 5.32 Å². The standard InChI is InChI=1S/C8H13NO2/c10-4-1-3-9-6-8-2-5-11-7-8/h2,5,7,9-10H,1,3-4,6H2. The van der Waals surface area contributed by atoms with Gasteiger partial charge < -0.3 is 14.8 Å². The Kier molecular flexibility index (Phi) is 3.72. The van der Waals surface area contributed by atoms with Crippen molar-refractivity contribution >= 4 is 0 Å². The fourth-order valence-electron chi connectivity index (χ4n) is 0.830. The van der Waals surface area contributed by atoms with Crippen LogP contribution in [0, 0.1) is 0 Å². The van der Waals surface area contributed by atoms with Crippen molar-refractivity contribution in [3.05, 3.63) is 24.2 Å². The first-order chi connectivity index (χ1) is 5.43. The summed E-state index contributed by atoms with van der Waals surface area (Å²) in [6.45, 7) is 1.91. The third-order valence-corrected chi connectivity index (χ3v) is 1.42. The molecule has 0 aromatic carbocycles. The second-order valence-corrected chi connectivity index (χ2v) is 2.39. The Hall–Kier alpha value is -0.800. The first-order valence-electron chi connectivity index (χ1n) is 3.76. The molecule has 0 aliphatic rings. The van der Waals surface area contributed by atoms with Gasteiger partial charge >= 0.3 is 0 Å². The summed E-state index contributed by atoms with van der Waals surface area (Å²) in [5.41, 5.74) is 1.14. The van der Waals surface area contributed by atoms with Crippen LogP contribution < -0.4 is 5.32 Å². The van der Waals surface area contributed by atoms with Crippen LogP contribution >= 0.6 is 0 Å². The molecule has 0 aliphatic carbocycles. The molecule has 0 spiro atoms. The van der Waals surface area contributed by atoms with Crippen molar-refractivity contribution in [1.29, 1.82) is 0 Å². The maximum Gasteiger partial charge on any atom is 0.0947 e. The highest BCUT2D eigenvalue weighted by atomic mass is 16.3. The molecule has 1 aromatic heterocycles. The summed E-state index contributed by atoms with van der Waals surface area (Å²) < 4.78 is 4.88. The van der Waals surface area contributed by atoms with Crippen molar-refractivity contribution in [3.63, 3.8) is 0 Å². The fourth-order valence-corrected chi connectivity index (χ4v) is 0.830. The van der Waals surface area contributed by atoms with Crippen LogP contribution in [0.4, 0.5) is 0 Å². The lowest BCUT2D eigenvalue weighted by Gasteiger charge is -1.99. The van der Waals surface area contributed by atoms with Crippen LogP contribution in [-0.2, 0) is 6.54 Å². The number of furan rings is 1. The quantitative estimate of drug-likeness (QED) is 0.617. The molecule has 0 amide bonds. The van der Waals surface area contributed by atoms with Crippen molar-refractivity contribution < 1.29 is 9.52 Å². The van der Waals surface area contributed by atoms with Gasteiger partial charge in [-0.2, -0.15) is 0 Å². The van der Waals surface area contributed by atoms with E-state index in [9.17, 15) is 0 Å². The molecular weight excluding hydrogens is 142 g/mol. The molecule has 1 rings (SSSR count). The van der Waals surface area contributed by atoms with Crippen molar-refractivity contribution in [2.75, 3.05) is 13.2 Å². The lowest BCUT2D eigenvalue weighted by molar-refractivity contribution is 0.286. The highest BCUT2D eigenvalue weighted by Crippen LogP contribution is 1.97. The largest absolute Gasteiger partial charge is 0.472 e. The zero-order valence-corrected chi connectivity index (χ0v) is 6.42. The summed E-state index contributed by atoms with van der Waals surface area (Å²) >= 11 is 0. The Labute approximate surface area is 66.0 Å². The van der Waals surface area contributed by atoms with Crippen LogP contribution in [-0.4, -0.2) is 18.3 Å².